The van der Waals surface area contributed by atoms with Gasteiger partial charge in [-0.2, -0.15) is 5.10 Å². The third-order valence-corrected chi connectivity index (χ3v) is 4.26. The molecule has 0 aromatic carbocycles. The van der Waals surface area contributed by atoms with E-state index < -0.39 is 0 Å². The number of aromatic nitrogens is 2. The molecular formula is C13H19N3OS. The van der Waals surface area contributed by atoms with Crippen LogP contribution in [0.5, 0.6) is 0 Å². The Labute approximate surface area is 112 Å². The molecule has 2 N–H and O–H groups in total. The normalized spacial score (nSPS) is 14.7. The molecule has 4 nitrogen and oxygen atoms in total. The molecule has 2 aromatic heterocycles. The summed E-state index contributed by atoms with van der Waals surface area (Å²) in [5.74, 6) is 1.84. The van der Waals surface area contributed by atoms with Crippen molar-refractivity contribution in [3.8, 4) is 0 Å². The molecule has 18 heavy (non-hydrogen) atoms. The molecule has 0 aliphatic carbocycles. The third-order valence-electron chi connectivity index (χ3n) is 2.73. The molecule has 0 bridgehead atoms. The third kappa shape index (κ3) is 2.79. The van der Waals surface area contributed by atoms with E-state index in [4.69, 9.17) is 10.2 Å². The summed E-state index contributed by atoms with van der Waals surface area (Å²) in [4.78, 5) is 0. The number of furan rings is 1. The lowest BCUT2D eigenvalue weighted by Crippen LogP contribution is -2.22. The summed E-state index contributed by atoms with van der Waals surface area (Å²) < 4.78 is 7.58. The Bertz CT molecular complexity index is 530. The lowest BCUT2D eigenvalue weighted by molar-refractivity contribution is 0.464. The molecule has 2 rings (SSSR count). The van der Waals surface area contributed by atoms with E-state index in [0.717, 1.165) is 22.2 Å². The first-order valence-corrected chi connectivity index (χ1v) is 6.84. The highest BCUT2D eigenvalue weighted by atomic mass is 32.2. The Balaban J connectivity index is 2.24. The van der Waals surface area contributed by atoms with Gasteiger partial charge < -0.3 is 10.2 Å². The van der Waals surface area contributed by atoms with Crippen molar-refractivity contribution in [3.63, 3.8) is 0 Å². The van der Waals surface area contributed by atoms with E-state index in [1.807, 2.05) is 44.6 Å². The van der Waals surface area contributed by atoms with Crippen LogP contribution < -0.4 is 5.73 Å². The van der Waals surface area contributed by atoms with Crippen molar-refractivity contribution in [1.29, 1.82) is 0 Å². The Morgan fingerprint density at radius 3 is 2.56 bits per heavy atom. The Kier molecular flexibility index (Phi) is 3.82. The van der Waals surface area contributed by atoms with Gasteiger partial charge in [0.2, 0.25) is 0 Å². The molecule has 0 aliphatic rings. The highest BCUT2D eigenvalue weighted by Gasteiger charge is 2.22. The van der Waals surface area contributed by atoms with Crippen molar-refractivity contribution in [2.75, 3.05) is 0 Å². The molecule has 0 fully saturated rings. The zero-order valence-electron chi connectivity index (χ0n) is 11.2. The number of nitrogens with two attached hydrogens (primary N) is 1. The van der Waals surface area contributed by atoms with Gasteiger partial charge in [0.25, 0.3) is 0 Å². The minimum absolute atomic E-state index is 0.00996. The molecule has 98 valence electrons. The first-order valence-electron chi connectivity index (χ1n) is 5.96. The summed E-state index contributed by atoms with van der Waals surface area (Å²) in [5, 5.41) is 5.55. The van der Waals surface area contributed by atoms with E-state index in [-0.39, 0.29) is 11.3 Å². The second-order valence-corrected chi connectivity index (χ2v) is 5.76. The van der Waals surface area contributed by atoms with Crippen LogP contribution in [0.4, 0.5) is 0 Å². The van der Waals surface area contributed by atoms with Crippen LogP contribution in [0.15, 0.2) is 27.6 Å². The van der Waals surface area contributed by atoms with E-state index in [9.17, 15) is 0 Å². The van der Waals surface area contributed by atoms with Crippen molar-refractivity contribution < 1.29 is 4.42 Å². The molecule has 2 unspecified atom stereocenters. The van der Waals surface area contributed by atoms with Crippen LogP contribution in [0.3, 0.4) is 0 Å². The van der Waals surface area contributed by atoms with Gasteiger partial charge in [-0.3, -0.25) is 4.68 Å². The number of nitrogens with zero attached hydrogens (tertiary/aromatic N) is 2. The van der Waals surface area contributed by atoms with E-state index >= 15 is 0 Å². The van der Waals surface area contributed by atoms with E-state index in [0.29, 0.717) is 0 Å². The maximum atomic E-state index is 6.07. The predicted octanol–water partition coefficient (Wildman–Crippen LogP) is 2.81. The van der Waals surface area contributed by atoms with E-state index in [1.165, 1.54) is 0 Å². The molecule has 2 atom stereocenters. The van der Waals surface area contributed by atoms with Crippen LogP contribution in [-0.2, 0) is 7.05 Å². The second kappa shape index (κ2) is 5.20. The number of hydrogen-bond acceptors (Lipinski definition) is 4. The Morgan fingerprint density at radius 1 is 1.39 bits per heavy atom. The van der Waals surface area contributed by atoms with Gasteiger partial charge in [0.05, 0.1) is 16.0 Å². The minimum Gasteiger partial charge on any atom is -0.465 e. The summed E-state index contributed by atoms with van der Waals surface area (Å²) in [6.45, 7) is 5.93. The van der Waals surface area contributed by atoms with Crippen molar-refractivity contribution >= 4 is 11.8 Å². The summed E-state index contributed by atoms with van der Waals surface area (Å²) in [6, 6.07) is 6.05. The molecule has 0 aliphatic heterocycles. The lowest BCUT2D eigenvalue weighted by Gasteiger charge is -2.17. The molecular weight excluding hydrogens is 246 g/mol. The lowest BCUT2D eigenvalue weighted by atomic mass is 10.2. The quantitative estimate of drug-likeness (QED) is 0.864. The summed E-state index contributed by atoms with van der Waals surface area (Å²) in [6.07, 6.45) is 0. The van der Waals surface area contributed by atoms with Gasteiger partial charge in [0, 0.05) is 13.1 Å². The van der Waals surface area contributed by atoms with Crippen LogP contribution in [0, 0.1) is 13.8 Å². The van der Waals surface area contributed by atoms with Crippen LogP contribution in [0.1, 0.15) is 29.4 Å². The maximum absolute atomic E-state index is 6.07. The molecule has 2 aromatic rings. The van der Waals surface area contributed by atoms with Crippen LogP contribution in [0.25, 0.3) is 0 Å². The molecule has 0 saturated carbocycles. The summed E-state index contributed by atoms with van der Waals surface area (Å²) >= 11 is 1.69. The van der Waals surface area contributed by atoms with Gasteiger partial charge in [-0.15, -0.1) is 0 Å². The standard InChI is InChI=1S/C13H19N3OS/c1-8-7-12(16(4)15-8)18-13(10(3)14)11-6-5-9(2)17-11/h5-7,10,13H,14H2,1-4H3. The average Bonchev–Trinajstić information content (AvgIpc) is 2.81. The van der Waals surface area contributed by atoms with Gasteiger partial charge >= 0.3 is 0 Å². The zero-order valence-corrected chi connectivity index (χ0v) is 12.0. The van der Waals surface area contributed by atoms with Crippen molar-refractivity contribution in [3.05, 3.63) is 35.4 Å². The monoisotopic (exact) mass is 265 g/mol. The SMILES string of the molecule is Cc1cc(SC(c2ccc(C)o2)C(C)N)n(C)n1. The highest BCUT2D eigenvalue weighted by Crippen LogP contribution is 2.37. The van der Waals surface area contributed by atoms with Gasteiger partial charge in [-0.25, -0.2) is 0 Å². The fourth-order valence-electron chi connectivity index (χ4n) is 1.86. The predicted molar refractivity (Wildman–Crippen MR) is 73.6 cm³/mol. The highest BCUT2D eigenvalue weighted by molar-refractivity contribution is 7.99. The first kappa shape index (κ1) is 13.2. The topological polar surface area (TPSA) is 57.0 Å². The minimum atomic E-state index is 0.00996. The molecule has 5 heteroatoms. The second-order valence-electron chi connectivity index (χ2n) is 4.59. The van der Waals surface area contributed by atoms with Crippen molar-refractivity contribution in [1.82, 2.24) is 9.78 Å². The van der Waals surface area contributed by atoms with Gasteiger partial charge in [0.15, 0.2) is 0 Å². The molecule has 0 saturated heterocycles. The molecule has 0 spiro atoms. The number of rotatable bonds is 4. The smallest absolute Gasteiger partial charge is 0.119 e. The largest absolute Gasteiger partial charge is 0.465 e. The van der Waals surface area contributed by atoms with Crippen LogP contribution in [-0.4, -0.2) is 15.8 Å². The summed E-state index contributed by atoms with van der Waals surface area (Å²) in [5.41, 5.74) is 7.09. The fourth-order valence-corrected chi connectivity index (χ4v) is 3.01. The van der Waals surface area contributed by atoms with Gasteiger partial charge in [-0.05, 0) is 39.0 Å². The number of aryl methyl sites for hydroxylation is 3. The van der Waals surface area contributed by atoms with Gasteiger partial charge in [0.1, 0.15) is 11.5 Å². The molecule has 0 radical (unpaired) electrons. The number of hydrogen-bond donors (Lipinski definition) is 1. The van der Waals surface area contributed by atoms with Crippen molar-refractivity contribution in [2.45, 2.75) is 37.1 Å². The molecule has 2 heterocycles. The fraction of sp³-hybridized carbons (Fsp3) is 0.462. The van der Waals surface area contributed by atoms with Crippen LogP contribution >= 0.6 is 11.8 Å². The first-order chi connectivity index (χ1) is 8.47. The average molecular weight is 265 g/mol. The summed E-state index contributed by atoms with van der Waals surface area (Å²) in [7, 11) is 1.95. The van der Waals surface area contributed by atoms with Crippen molar-refractivity contribution in [2.24, 2.45) is 12.8 Å². The van der Waals surface area contributed by atoms with E-state index in [1.54, 1.807) is 11.8 Å². The van der Waals surface area contributed by atoms with Gasteiger partial charge in [-0.1, -0.05) is 11.8 Å². The zero-order chi connectivity index (χ0) is 13.3. The van der Waals surface area contributed by atoms with E-state index in [2.05, 4.69) is 11.2 Å². The molecule has 0 amide bonds. The maximum Gasteiger partial charge on any atom is 0.119 e. The Morgan fingerprint density at radius 2 is 2.11 bits per heavy atom. The van der Waals surface area contributed by atoms with Crippen LogP contribution in [0.2, 0.25) is 0 Å². The number of thioether (sulfide) groups is 1. The Hall–Kier alpha value is -1.20.